The lowest BCUT2D eigenvalue weighted by molar-refractivity contribution is -0.141. The van der Waals surface area contributed by atoms with Crippen LogP contribution in [0.5, 0.6) is 5.75 Å². The number of methoxy groups -OCH3 is 1. The van der Waals surface area contributed by atoms with Gasteiger partial charge in [0.25, 0.3) is 0 Å². The van der Waals surface area contributed by atoms with E-state index in [0.717, 1.165) is 66.4 Å². The number of sulfonamides is 1. The minimum absolute atomic E-state index is 0.0399. The SMILES string of the molecule is COc1ccc(CN(C(=O)CCCN(c2cccc(C(F)(F)F)c2)S(C)(=O)=O)[C@H](C)C(=O)NC2CCCCC2)cc1. The first-order valence-corrected chi connectivity index (χ1v) is 15.5. The first-order chi connectivity index (χ1) is 19.3. The zero-order valence-corrected chi connectivity index (χ0v) is 24.4. The van der Waals surface area contributed by atoms with Crippen LogP contribution in [0.4, 0.5) is 18.9 Å². The van der Waals surface area contributed by atoms with Crippen LogP contribution in [-0.4, -0.2) is 57.1 Å². The van der Waals surface area contributed by atoms with Gasteiger partial charge in [0.05, 0.1) is 24.6 Å². The number of alkyl halides is 3. The third kappa shape index (κ3) is 9.37. The van der Waals surface area contributed by atoms with Gasteiger partial charge in [-0.3, -0.25) is 13.9 Å². The summed E-state index contributed by atoms with van der Waals surface area (Å²) in [5.74, 6) is 0.00951. The molecule has 0 spiro atoms. The van der Waals surface area contributed by atoms with E-state index in [9.17, 15) is 31.2 Å². The van der Waals surface area contributed by atoms with Crippen molar-refractivity contribution in [3.8, 4) is 5.75 Å². The number of amides is 2. The first-order valence-electron chi connectivity index (χ1n) is 13.7. The molecule has 2 aromatic carbocycles. The minimum atomic E-state index is -4.63. The summed E-state index contributed by atoms with van der Waals surface area (Å²) in [5, 5.41) is 3.06. The molecule has 1 atom stereocenters. The Morgan fingerprint density at radius 3 is 2.32 bits per heavy atom. The fourth-order valence-electron chi connectivity index (χ4n) is 4.92. The number of carbonyl (C=O) groups excluding carboxylic acids is 2. The van der Waals surface area contributed by atoms with Gasteiger partial charge in [0.2, 0.25) is 21.8 Å². The van der Waals surface area contributed by atoms with Gasteiger partial charge >= 0.3 is 6.18 Å². The average molecular weight is 598 g/mol. The second-order valence-electron chi connectivity index (χ2n) is 10.4. The molecule has 1 fully saturated rings. The maximum Gasteiger partial charge on any atom is 0.416 e. The molecule has 0 bridgehead atoms. The zero-order chi connectivity index (χ0) is 30.2. The summed E-state index contributed by atoms with van der Waals surface area (Å²) in [7, 11) is -2.39. The Labute approximate surface area is 239 Å². The highest BCUT2D eigenvalue weighted by molar-refractivity contribution is 7.92. The van der Waals surface area contributed by atoms with Crippen molar-refractivity contribution in [2.24, 2.45) is 0 Å². The van der Waals surface area contributed by atoms with E-state index in [1.807, 2.05) is 0 Å². The molecule has 1 saturated carbocycles. The number of hydrogen-bond donors (Lipinski definition) is 1. The molecule has 0 radical (unpaired) electrons. The molecule has 2 amide bonds. The lowest BCUT2D eigenvalue weighted by Crippen LogP contribution is -2.50. The highest BCUT2D eigenvalue weighted by Crippen LogP contribution is 2.32. The van der Waals surface area contributed by atoms with Crippen molar-refractivity contribution in [1.82, 2.24) is 10.2 Å². The number of rotatable bonds is 12. The summed E-state index contributed by atoms with van der Waals surface area (Å²) in [4.78, 5) is 28.1. The molecule has 41 heavy (non-hydrogen) atoms. The molecule has 3 rings (SSSR count). The number of ether oxygens (including phenoxy) is 1. The topological polar surface area (TPSA) is 96.0 Å². The number of hydrogen-bond acceptors (Lipinski definition) is 5. The Morgan fingerprint density at radius 2 is 1.73 bits per heavy atom. The van der Waals surface area contributed by atoms with Crippen LogP contribution >= 0.6 is 0 Å². The van der Waals surface area contributed by atoms with Gasteiger partial charge in [-0.05, 0) is 62.1 Å². The van der Waals surface area contributed by atoms with Crippen LogP contribution in [0.3, 0.4) is 0 Å². The number of benzene rings is 2. The van der Waals surface area contributed by atoms with Gasteiger partial charge in [0.15, 0.2) is 0 Å². The number of nitrogens with one attached hydrogen (secondary N) is 1. The van der Waals surface area contributed by atoms with Gasteiger partial charge in [-0.15, -0.1) is 0 Å². The van der Waals surface area contributed by atoms with Crippen LogP contribution in [0, 0.1) is 0 Å². The van der Waals surface area contributed by atoms with Gasteiger partial charge in [-0.1, -0.05) is 37.5 Å². The van der Waals surface area contributed by atoms with Gasteiger partial charge < -0.3 is 15.0 Å². The smallest absolute Gasteiger partial charge is 0.416 e. The highest BCUT2D eigenvalue weighted by atomic mass is 32.2. The van der Waals surface area contributed by atoms with Crippen LogP contribution < -0.4 is 14.4 Å². The van der Waals surface area contributed by atoms with Crippen LogP contribution in [0.25, 0.3) is 0 Å². The lowest BCUT2D eigenvalue weighted by atomic mass is 9.95. The largest absolute Gasteiger partial charge is 0.497 e. The standard InChI is InChI=1S/C29H38F3N3O5S/c1-21(28(37)33-24-10-5-4-6-11-24)34(20-22-14-16-26(40-2)17-15-22)27(36)13-8-18-35(41(3,38)39)25-12-7-9-23(19-25)29(30,31)32/h7,9,12,14-17,19,21,24H,4-6,8,10-11,13,18,20H2,1-3H3,(H,33,37)/t21-/m1/s1. The Morgan fingerprint density at radius 1 is 1.07 bits per heavy atom. The monoisotopic (exact) mass is 597 g/mol. The average Bonchev–Trinajstić information content (AvgIpc) is 2.93. The summed E-state index contributed by atoms with van der Waals surface area (Å²) >= 11 is 0. The lowest BCUT2D eigenvalue weighted by Gasteiger charge is -2.31. The van der Waals surface area contributed by atoms with Crippen molar-refractivity contribution < 1.29 is 35.9 Å². The van der Waals surface area contributed by atoms with Crippen molar-refractivity contribution in [2.75, 3.05) is 24.2 Å². The summed E-state index contributed by atoms with van der Waals surface area (Å²) < 4.78 is 70.7. The molecule has 1 aliphatic carbocycles. The van der Waals surface area contributed by atoms with Gasteiger partial charge in [0, 0.05) is 25.6 Å². The fraction of sp³-hybridized carbons (Fsp3) is 0.517. The molecule has 2 aromatic rings. The summed E-state index contributed by atoms with van der Waals surface area (Å²) in [6, 6.07) is 10.4. The molecular weight excluding hydrogens is 559 g/mol. The number of nitrogens with zero attached hydrogens (tertiary/aromatic N) is 2. The van der Waals surface area contributed by atoms with Crippen LogP contribution in [0.2, 0.25) is 0 Å². The predicted molar refractivity (Wildman–Crippen MR) is 151 cm³/mol. The molecule has 226 valence electrons. The molecule has 1 aliphatic rings. The van der Waals surface area contributed by atoms with Gasteiger partial charge in [-0.25, -0.2) is 8.42 Å². The molecule has 0 heterocycles. The van der Waals surface area contributed by atoms with E-state index < -0.39 is 27.8 Å². The van der Waals surface area contributed by atoms with Crippen LogP contribution in [-0.2, 0) is 32.3 Å². The van der Waals surface area contributed by atoms with E-state index in [1.165, 1.54) is 11.0 Å². The minimum Gasteiger partial charge on any atom is -0.497 e. The summed E-state index contributed by atoms with van der Waals surface area (Å²) in [6.07, 6.45) is 1.19. The molecule has 0 saturated heterocycles. The van der Waals surface area contributed by atoms with Gasteiger partial charge in [-0.2, -0.15) is 13.2 Å². The van der Waals surface area contributed by atoms with E-state index >= 15 is 0 Å². The summed E-state index contributed by atoms with van der Waals surface area (Å²) in [6.45, 7) is 1.60. The Bertz CT molecular complexity index is 1280. The molecule has 0 unspecified atom stereocenters. The molecular formula is C29H38F3N3O5S. The number of halogens is 3. The third-order valence-corrected chi connectivity index (χ3v) is 8.44. The fourth-order valence-corrected chi connectivity index (χ4v) is 5.88. The van der Waals surface area contributed by atoms with Crippen molar-refractivity contribution in [1.29, 1.82) is 0 Å². The van der Waals surface area contributed by atoms with Crippen LogP contribution in [0.1, 0.15) is 63.0 Å². The van der Waals surface area contributed by atoms with Crippen molar-refractivity contribution in [3.63, 3.8) is 0 Å². The third-order valence-electron chi connectivity index (χ3n) is 7.24. The molecule has 1 N–H and O–H groups in total. The second kappa shape index (κ2) is 14.1. The molecule has 0 aliphatic heterocycles. The van der Waals surface area contributed by atoms with Crippen molar-refractivity contribution in [3.05, 3.63) is 59.7 Å². The van der Waals surface area contributed by atoms with E-state index in [0.29, 0.717) is 5.75 Å². The summed E-state index contributed by atoms with van der Waals surface area (Å²) in [5.41, 5.74) is -0.327. The Balaban J connectivity index is 1.75. The molecule has 8 nitrogen and oxygen atoms in total. The quantitative estimate of drug-likeness (QED) is 0.366. The zero-order valence-electron chi connectivity index (χ0n) is 23.6. The Kier molecular flexibility index (Phi) is 11.1. The van der Waals surface area contributed by atoms with E-state index in [4.69, 9.17) is 4.74 Å². The second-order valence-corrected chi connectivity index (χ2v) is 12.3. The normalized spacial score (nSPS) is 15.2. The number of anilines is 1. The van der Waals surface area contributed by atoms with E-state index in [2.05, 4.69) is 5.32 Å². The van der Waals surface area contributed by atoms with Crippen molar-refractivity contribution in [2.45, 2.75) is 76.7 Å². The Hall–Kier alpha value is -3.28. The maximum atomic E-state index is 13.5. The van der Waals surface area contributed by atoms with E-state index in [1.54, 1.807) is 38.3 Å². The molecule has 0 aromatic heterocycles. The van der Waals surface area contributed by atoms with E-state index in [-0.39, 0.29) is 49.5 Å². The van der Waals surface area contributed by atoms with Gasteiger partial charge in [0.1, 0.15) is 11.8 Å². The number of carbonyl (C=O) groups is 2. The maximum absolute atomic E-state index is 13.5. The highest BCUT2D eigenvalue weighted by Gasteiger charge is 2.32. The molecule has 12 heteroatoms. The van der Waals surface area contributed by atoms with Crippen molar-refractivity contribution >= 4 is 27.5 Å². The van der Waals surface area contributed by atoms with Crippen LogP contribution in [0.15, 0.2) is 48.5 Å². The predicted octanol–water partition coefficient (Wildman–Crippen LogP) is 5.13. The first kappa shape index (κ1) is 32.2.